The summed E-state index contributed by atoms with van der Waals surface area (Å²) >= 11 is 5.34. The van der Waals surface area contributed by atoms with Gasteiger partial charge in [-0.2, -0.15) is 0 Å². The minimum atomic E-state index is 0.0348. The van der Waals surface area contributed by atoms with Crippen LogP contribution in [0.25, 0.3) is 0 Å². The van der Waals surface area contributed by atoms with Crippen LogP contribution in [-0.4, -0.2) is 31.5 Å². The second-order valence-electron chi connectivity index (χ2n) is 5.42. The first-order valence-corrected chi connectivity index (χ1v) is 8.59. The van der Waals surface area contributed by atoms with Crippen LogP contribution in [0.15, 0.2) is 48.5 Å². The van der Waals surface area contributed by atoms with Crippen molar-refractivity contribution < 1.29 is 14.2 Å². The van der Waals surface area contributed by atoms with E-state index in [2.05, 4.69) is 10.6 Å². The van der Waals surface area contributed by atoms with E-state index in [1.165, 1.54) is 0 Å². The van der Waals surface area contributed by atoms with E-state index >= 15 is 0 Å². The fraction of sp³-hybridized carbons (Fsp3) is 0.316. The minimum Gasteiger partial charge on any atom is -0.494 e. The maximum atomic E-state index is 5.79. The van der Waals surface area contributed by atoms with Crippen LogP contribution in [0.4, 0.5) is 5.69 Å². The summed E-state index contributed by atoms with van der Waals surface area (Å²) in [6.07, 6.45) is 0. The Morgan fingerprint density at radius 3 is 2.36 bits per heavy atom. The molecule has 0 saturated heterocycles. The van der Waals surface area contributed by atoms with Crippen LogP contribution in [0, 0.1) is 0 Å². The van der Waals surface area contributed by atoms with E-state index < -0.39 is 0 Å². The first-order valence-electron chi connectivity index (χ1n) is 8.18. The highest BCUT2D eigenvalue weighted by atomic mass is 32.1. The van der Waals surface area contributed by atoms with Crippen LogP contribution in [0.3, 0.4) is 0 Å². The van der Waals surface area contributed by atoms with Gasteiger partial charge in [-0.05, 0) is 62.5 Å². The van der Waals surface area contributed by atoms with Gasteiger partial charge in [-0.15, -0.1) is 0 Å². The van der Waals surface area contributed by atoms with E-state index in [1.807, 2.05) is 62.4 Å². The predicted octanol–water partition coefficient (Wildman–Crippen LogP) is 3.85. The number of anilines is 1. The van der Waals surface area contributed by atoms with Gasteiger partial charge >= 0.3 is 0 Å². The predicted molar refractivity (Wildman–Crippen MR) is 105 cm³/mol. The smallest absolute Gasteiger partial charge is 0.171 e. The Hall–Kier alpha value is -2.47. The third kappa shape index (κ3) is 6.15. The van der Waals surface area contributed by atoms with E-state index in [0.717, 1.165) is 11.4 Å². The lowest BCUT2D eigenvalue weighted by Crippen LogP contribution is -2.39. The van der Waals surface area contributed by atoms with Crippen molar-refractivity contribution in [2.75, 3.05) is 25.6 Å². The summed E-state index contributed by atoms with van der Waals surface area (Å²) < 4.78 is 16.5. The Morgan fingerprint density at radius 2 is 1.72 bits per heavy atom. The van der Waals surface area contributed by atoms with Crippen LogP contribution < -0.4 is 24.8 Å². The van der Waals surface area contributed by atoms with Crippen LogP contribution in [0.1, 0.15) is 13.8 Å². The van der Waals surface area contributed by atoms with Crippen molar-refractivity contribution in [3.8, 4) is 17.2 Å². The SMILES string of the molecule is CCOc1ccc(NC(=S)N[C@@H](C)COc2ccccc2OC)cc1. The summed E-state index contributed by atoms with van der Waals surface area (Å²) in [5, 5.41) is 6.89. The van der Waals surface area contributed by atoms with Crippen molar-refractivity contribution in [2.45, 2.75) is 19.9 Å². The molecule has 2 rings (SSSR count). The average Bonchev–Trinajstić information content (AvgIpc) is 2.62. The van der Waals surface area contributed by atoms with E-state index in [-0.39, 0.29) is 6.04 Å². The molecule has 2 aromatic rings. The van der Waals surface area contributed by atoms with Gasteiger partial charge in [0.05, 0.1) is 19.8 Å². The second kappa shape index (κ2) is 9.74. The summed E-state index contributed by atoms with van der Waals surface area (Å²) in [6.45, 7) is 5.07. The van der Waals surface area contributed by atoms with E-state index in [0.29, 0.717) is 29.8 Å². The fourth-order valence-corrected chi connectivity index (χ4v) is 2.51. The number of methoxy groups -OCH3 is 1. The van der Waals surface area contributed by atoms with Gasteiger partial charge in [-0.3, -0.25) is 0 Å². The maximum Gasteiger partial charge on any atom is 0.171 e. The molecular formula is C19H24N2O3S. The number of hydrogen-bond acceptors (Lipinski definition) is 4. The number of rotatable bonds is 8. The molecule has 2 N–H and O–H groups in total. The van der Waals surface area contributed by atoms with Gasteiger partial charge in [0, 0.05) is 5.69 Å². The largest absolute Gasteiger partial charge is 0.494 e. The molecule has 2 aromatic carbocycles. The number of para-hydroxylation sites is 2. The van der Waals surface area contributed by atoms with E-state index in [4.69, 9.17) is 26.4 Å². The Morgan fingerprint density at radius 1 is 1.04 bits per heavy atom. The van der Waals surface area contributed by atoms with Crippen LogP contribution >= 0.6 is 12.2 Å². The molecule has 0 bridgehead atoms. The van der Waals surface area contributed by atoms with E-state index in [9.17, 15) is 0 Å². The number of benzene rings is 2. The lowest BCUT2D eigenvalue weighted by Gasteiger charge is -2.18. The fourth-order valence-electron chi connectivity index (χ4n) is 2.19. The monoisotopic (exact) mass is 360 g/mol. The van der Waals surface area contributed by atoms with Crippen molar-refractivity contribution in [1.29, 1.82) is 0 Å². The molecule has 0 aliphatic carbocycles. The Kier molecular flexibility index (Phi) is 7.35. The molecular weight excluding hydrogens is 336 g/mol. The van der Waals surface area contributed by atoms with E-state index in [1.54, 1.807) is 7.11 Å². The average molecular weight is 360 g/mol. The third-order valence-electron chi connectivity index (χ3n) is 3.36. The molecule has 0 radical (unpaired) electrons. The van der Waals surface area contributed by atoms with Gasteiger partial charge in [0.25, 0.3) is 0 Å². The normalized spacial score (nSPS) is 11.3. The van der Waals surface area contributed by atoms with Gasteiger partial charge in [-0.25, -0.2) is 0 Å². The zero-order chi connectivity index (χ0) is 18.1. The molecule has 25 heavy (non-hydrogen) atoms. The molecule has 0 spiro atoms. The third-order valence-corrected chi connectivity index (χ3v) is 3.58. The molecule has 0 fully saturated rings. The highest BCUT2D eigenvalue weighted by Crippen LogP contribution is 2.25. The quantitative estimate of drug-likeness (QED) is 0.698. The number of ether oxygens (including phenoxy) is 3. The van der Waals surface area contributed by atoms with Crippen LogP contribution in [-0.2, 0) is 0 Å². The zero-order valence-electron chi connectivity index (χ0n) is 14.7. The van der Waals surface area contributed by atoms with Gasteiger partial charge in [0.1, 0.15) is 12.4 Å². The molecule has 0 unspecified atom stereocenters. The molecule has 0 saturated carbocycles. The molecule has 1 atom stereocenters. The van der Waals surface area contributed by atoms with Crippen molar-refractivity contribution in [2.24, 2.45) is 0 Å². The maximum absolute atomic E-state index is 5.79. The van der Waals surface area contributed by atoms with Gasteiger partial charge in [-0.1, -0.05) is 12.1 Å². The summed E-state index contributed by atoms with van der Waals surface area (Å²) in [7, 11) is 1.62. The molecule has 134 valence electrons. The highest BCUT2D eigenvalue weighted by molar-refractivity contribution is 7.80. The summed E-state index contributed by atoms with van der Waals surface area (Å²) in [5.41, 5.74) is 0.902. The zero-order valence-corrected chi connectivity index (χ0v) is 15.6. The second-order valence-corrected chi connectivity index (χ2v) is 5.83. The summed E-state index contributed by atoms with van der Waals surface area (Å²) in [4.78, 5) is 0. The van der Waals surface area contributed by atoms with Crippen molar-refractivity contribution >= 4 is 23.0 Å². The molecule has 0 amide bonds. The highest BCUT2D eigenvalue weighted by Gasteiger charge is 2.08. The standard InChI is InChI=1S/C19H24N2O3S/c1-4-23-16-11-9-15(10-12-16)21-19(25)20-14(2)13-24-18-8-6-5-7-17(18)22-3/h5-12,14H,4,13H2,1-3H3,(H2,20,21,25)/t14-/m0/s1. The molecule has 0 heterocycles. The van der Waals surface area contributed by atoms with Crippen LogP contribution in [0.2, 0.25) is 0 Å². The Bertz CT molecular complexity index is 677. The minimum absolute atomic E-state index is 0.0348. The Balaban J connectivity index is 1.79. The lowest BCUT2D eigenvalue weighted by atomic mass is 10.3. The molecule has 6 heteroatoms. The first-order chi connectivity index (χ1) is 12.1. The van der Waals surface area contributed by atoms with Crippen molar-refractivity contribution in [3.63, 3.8) is 0 Å². The van der Waals surface area contributed by atoms with Gasteiger partial charge in [0.15, 0.2) is 16.6 Å². The molecule has 0 aliphatic rings. The Labute approximate surface area is 154 Å². The lowest BCUT2D eigenvalue weighted by molar-refractivity contribution is 0.270. The topological polar surface area (TPSA) is 51.8 Å². The molecule has 0 aliphatic heterocycles. The van der Waals surface area contributed by atoms with Crippen molar-refractivity contribution in [3.05, 3.63) is 48.5 Å². The van der Waals surface area contributed by atoms with Gasteiger partial charge < -0.3 is 24.8 Å². The molecule has 5 nitrogen and oxygen atoms in total. The first kappa shape index (κ1) is 18.9. The summed E-state index contributed by atoms with van der Waals surface area (Å²) in [6, 6.07) is 15.3. The number of nitrogens with one attached hydrogen (secondary N) is 2. The van der Waals surface area contributed by atoms with Crippen LogP contribution in [0.5, 0.6) is 17.2 Å². The number of hydrogen-bond donors (Lipinski definition) is 2. The van der Waals surface area contributed by atoms with Crippen molar-refractivity contribution in [1.82, 2.24) is 5.32 Å². The molecule has 0 aromatic heterocycles. The number of thiocarbonyl (C=S) groups is 1. The summed E-state index contributed by atoms with van der Waals surface area (Å²) in [5.74, 6) is 2.26. The van der Waals surface area contributed by atoms with Gasteiger partial charge in [0.2, 0.25) is 0 Å².